The molecule has 0 heterocycles. The molecule has 0 spiro atoms. The lowest BCUT2D eigenvalue weighted by molar-refractivity contribution is 0.0951. The van der Waals surface area contributed by atoms with Crippen LogP contribution in [0.2, 0.25) is 5.02 Å². The Balaban J connectivity index is 1.68. The van der Waals surface area contributed by atoms with Crippen LogP contribution in [0.5, 0.6) is 11.5 Å². The number of rotatable bonds is 10. The van der Waals surface area contributed by atoms with Gasteiger partial charge in [0.05, 0.1) is 28.8 Å². The standard InChI is InChI=1S/C25H27ClN2O5S/c1-4-32-23-13-8-18(14-24(23)33-5-2)16-27-25(29)19-9-12-22(21(26)15-19)28-34(30,31)20-10-6-17(3)7-11-20/h6-15,28H,4-5,16H2,1-3H3,(H,27,29). The van der Waals surface area contributed by atoms with Crippen molar-refractivity contribution in [1.82, 2.24) is 5.32 Å². The molecule has 0 atom stereocenters. The predicted octanol–water partition coefficient (Wildman–Crippen LogP) is 5.18. The van der Waals surface area contributed by atoms with Crippen molar-refractivity contribution in [3.63, 3.8) is 0 Å². The molecular weight excluding hydrogens is 476 g/mol. The van der Waals surface area contributed by atoms with Crippen LogP contribution in [0, 0.1) is 6.92 Å². The lowest BCUT2D eigenvalue weighted by atomic mass is 10.1. The predicted molar refractivity (Wildman–Crippen MR) is 133 cm³/mol. The largest absolute Gasteiger partial charge is 0.490 e. The van der Waals surface area contributed by atoms with Gasteiger partial charge >= 0.3 is 0 Å². The third kappa shape index (κ3) is 6.42. The monoisotopic (exact) mass is 502 g/mol. The number of carbonyl (C=O) groups excluding carboxylic acids is 1. The van der Waals surface area contributed by atoms with E-state index in [4.69, 9.17) is 21.1 Å². The number of anilines is 1. The summed E-state index contributed by atoms with van der Waals surface area (Å²) in [5.74, 6) is 0.918. The minimum Gasteiger partial charge on any atom is -0.490 e. The summed E-state index contributed by atoms with van der Waals surface area (Å²) in [4.78, 5) is 12.8. The van der Waals surface area contributed by atoms with Crippen LogP contribution in [0.15, 0.2) is 65.6 Å². The van der Waals surface area contributed by atoms with Crippen LogP contribution >= 0.6 is 11.6 Å². The summed E-state index contributed by atoms with van der Waals surface area (Å²) in [5, 5.41) is 2.94. The SMILES string of the molecule is CCOc1ccc(CNC(=O)c2ccc(NS(=O)(=O)c3ccc(C)cc3)c(Cl)c2)cc1OCC. The van der Waals surface area contributed by atoms with Gasteiger partial charge < -0.3 is 14.8 Å². The van der Waals surface area contributed by atoms with E-state index in [1.165, 1.54) is 30.3 Å². The number of benzene rings is 3. The molecule has 0 aliphatic carbocycles. The quantitative estimate of drug-likeness (QED) is 0.398. The van der Waals surface area contributed by atoms with Crippen molar-refractivity contribution >= 4 is 33.2 Å². The first kappa shape index (κ1) is 25.4. The maximum atomic E-state index is 12.6. The second-order valence-electron chi connectivity index (χ2n) is 7.44. The van der Waals surface area contributed by atoms with E-state index in [2.05, 4.69) is 10.0 Å². The van der Waals surface area contributed by atoms with E-state index in [0.717, 1.165) is 11.1 Å². The first-order valence-corrected chi connectivity index (χ1v) is 12.7. The first-order chi connectivity index (χ1) is 16.2. The molecule has 0 radical (unpaired) electrons. The number of aryl methyl sites for hydroxylation is 1. The van der Waals surface area contributed by atoms with Crippen molar-refractivity contribution in [1.29, 1.82) is 0 Å². The third-order valence-electron chi connectivity index (χ3n) is 4.87. The molecule has 2 N–H and O–H groups in total. The molecule has 0 saturated carbocycles. The molecule has 0 aromatic heterocycles. The summed E-state index contributed by atoms with van der Waals surface area (Å²) in [6.45, 7) is 6.94. The molecule has 3 rings (SSSR count). The summed E-state index contributed by atoms with van der Waals surface area (Å²) in [6, 6.07) is 16.3. The molecule has 3 aromatic carbocycles. The zero-order valence-electron chi connectivity index (χ0n) is 19.2. The van der Waals surface area contributed by atoms with Crippen LogP contribution in [0.25, 0.3) is 0 Å². The highest BCUT2D eigenvalue weighted by Gasteiger charge is 2.17. The van der Waals surface area contributed by atoms with Gasteiger partial charge in [0.2, 0.25) is 0 Å². The molecule has 0 aliphatic rings. The normalized spacial score (nSPS) is 11.1. The number of halogens is 1. The Hall–Kier alpha value is -3.23. The van der Waals surface area contributed by atoms with E-state index < -0.39 is 10.0 Å². The number of hydrogen-bond donors (Lipinski definition) is 2. The highest BCUT2D eigenvalue weighted by Crippen LogP contribution is 2.29. The Bertz CT molecular complexity index is 1260. The van der Waals surface area contributed by atoms with Crippen molar-refractivity contribution in [2.45, 2.75) is 32.2 Å². The first-order valence-electron chi connectivity index (χ1n) is 10.8. The van der Waals surface area contributed by atoms with E-state index in [0.29, 0.717) is 30.3 Å². The van der Waals surface area contributed by atoms with E-state index in [1.54, 1.807) is 12.1 Å². The second kappa shape index (κ2) is 11.3. The molecule has 0 saturated heterocycles. The summed E-state index contributed by atoms with van der Waals surface area (Å²) in [6.07, 6.45) is 0. The fourth-order valence-corrected chi connectivity index (χ4v) is 4.51. The molecule has 3 aromatic rings. The maximum absolute atomic E-state index is 12.6. The van der Waals surface area contributed by atoms with Gasteiger partial charge in [0.15, 0.2) is 11.5 Å². The second-order valence-corrected chi connectivity index (χ2v) is 9.53. The summed E-state index contributed by atoms with van der Waals surface area (Å²) >= 11 is 6.27. The molecule has 0 unspecified atom stereocenters. The van der Waals surface area contributed by atoms with Gasteiger partial charge in [0.25, 0.3) is 15.9 Å². The lowest BCUT2D eigenvalue weighted by Gasteiger charge is -2.13. The minimum atomic E-state index is -3.81. The van der Waals surface area contributed by atoms with Crippen molar-refractivity contribution in [2.24, 2.45) is 0 Å². The van der Waals surface area contributed by atoms with E-state index in [-0.39, 0.29) is 28.1 Å². The lowest BCUT2D eigenvalue weighted by Crippen LogP contribution is -2.23. The minimum absolute atomic E-state index is 0.114. The number of amides is 1. The Labute approximate surface area is 205 Å². The number of sulfonamides is 1. The fourth-order valence-electron chi connectivity index (χ4n) is 3.15. The zero-order chi connectivity index (χ0) is 24.7. The molecule has 0 aliphatic heterocycles. The molecule has 180 valence electrons. The molecule has 0 bridgehead atoms. The van der Waals surface area contributed by atoms with Gasteiger partial charge in [-0.15, -0.1) is 0 Å². The van der Waals surface area contributed by atoms with Crippen LogP contribution in [-0.4, -0.2) is 27.5 Å². The zero-order valence-corrected chi connectivity index (χ0v) is 20.8. The highest BCUT2D eigenvalue weighted by atomic mass is 35.5. The average Bonchev–Trinajstić information content (AvgIpc) is 2.80. The third-order valence-corrected chi connectivity index (χ3v) is 6.56. The van der Waals surface area contributed by atoms with Gasteiger partial charge in [-0.3, -0.25) is 9.52 Å². The van der Waals surface area contributed by atoms with Crippen molar-refractivity contribution < 1.29 is 22.7 Å². The Morgan fingerprint density at radius 3 is 2.24 bits per heavy atom. The van der Waals surface area contributed by atoms with E-state index in [1.807, 2.05) is 39.0 Å². The van der Waals surface area contributed by atoms with Crippen LogP contribution in [0.1, 0.15) is 35.3 Å². The van der Waals surface area contributed by atoms with Gasteiger partial charge in [-0.05, 0) is 68.8 Å². The Morgan fingerprint density at radius 2 is 1.59 bits per heavy atom. The summed E-state index contributed by atoms with van der Waals surface area (Å²) in [7, 11) is -3.81. The fraction of sp³-hybridized carbons (Fsp3) is 0.240. The Kier molecular flexibility index (Phi) is 8.41. The van der Waals surface area contributed by atoms with Gasteiger partial charge in [0.1, 0.15) is 0 Å². The van der Waals surface area contributed by atoms with Crippen LogP contribution in [0.4, 0.5) is 5.69 Å². The van der Waals surface area contributed by atoms with Gasteiger partial charge in [-0.2, -0.15) is 0 Å². The number of hydrogen-bond acceptors (Lipinski definition) is 5. The van der Waals surface area contributed by atoms with Crippen LogP contribution in [-0.2, 0) is 16.6 Å². The Morgan fingerprint density at radius 1 is 0.912 bits per heavy atom. The van der Waals surface area contributed by atoms with E-state index >= 15 is 0 Å². The highest BCUT2D eigenvalue weighted by molar-refractivity contribution is 7.92. The van der Waals surface area contributed by atoms with Crippen molar-refractivity contribution in [3.8, 4) is 11.5 Å². The maximum Gasteiger partial charge on any atom is 0.261 e. The van der Waals surface area contributed by atoms with Crippen LogP contribution < -0.4 is 19.5 Å². The molecule has 7 nitrogen and oxygen atoms in total. The number of ether oxygens (including phenoxy) is 2. The van der Waals surface area contributed by atoms with Gasteiger partial charge in [-0.25, -0.2) is 8.42 Å². The van der Waals surface area contributed by atoms with Crippen molar-refractivity contribution in [2.75, 3.05) is 17.9 Å². The summed E-state index contributed by atoms with van der Waals surface area (Å²) < 4.78 is 38.9. The average molecular weight is 503 g/mol. The van der Waals surface area contributed by atoms with Crippen LogP contribution in [0.3, 0.4) is 0 Å². The molecule has 34 heavy (non-hydrogen) atoms. The van der Waals surface area contributed by atoms with Gasteiger partial charge in [0, 0.05) is 12.1 Å². The molecule has 9 heteroatoms. The van der Waals surface area contributed by atoms with Gasteiger partial charge in [-0.1, -0.05) is 35.4 Å². The van der Waals surface area contributed by atoms with E-state index in [9.17, 15) is 13.2 Å². The molecule has 1 amide bonds. The topological polar surface area (TPSA) is 93.7 Å². The number of nitrogens with one attached hydrogen (secondary N) is 2. The van der Waals surface area contributed by atoms with Crippen molar-refractivity contribution in [3.05, 3.63) is 82.4 Å². The smallest absolute Gasteiger partial charge is 0.261 e. The number of carbonyl (C=O) groups is 1. The molecular formula is C25H27ClN2O5S. The molecule has 0 fully saturated rings. The summed E-state index contributed by atoms with van der Waals surface area (Å²) in [5.41, 5.74) is 2.28.